The summed E-state index contributed by atoms with van der Waals surface area (Å²) in [5.74, 6) is -0.176. The highest BCUT2D eigenvalue weighted by Gasteiger charge is 2.15. The van der Waals surface area contributed by atoms with Crippen molar-refractivity contribution in [3.63, 3.8) is 0 Å². The molecule has 1 rings (SSSR count). The predicted octanol–water partition coefficient (Wildman–Crippen LogP) is 2.91. The summed E-state index contributed by atoms with van der Waals surface area (Å²) in [4.78, 5) is 12.0. The van der Waals surface area contributed by atoms with Crippen LogP contribution in [0.1, 0.15) is 42.6 Å². The molecule has 1 aromatic rings. The number of benzene rings is 1. The molecule has 4 heteroatoms. The molecule has 1 unspecified atom stereocenters. The number of aryl methyl sites for hydroxylation is 1. The molecular weight excluding hydrogens is 257 g/mol. The highest BCUT2D eigenvalue weighted by molar-refractivity contribution is 5.94. The Bertz CT molecular complexity index is 446. The van der Waals surface area contributed by atoms with Gasteiger partial charge in [-0.3, -0.25) is 4.79 Å². The van der Waals surface area contributed by atoms with Crippen molar-refractivity contribution in [2.24, 2.45) is 11.8 Å². The Labute approximate surface area is 120 Å². The fraction of sp³-hybridized carbons (Fsp3) is 0.562. The number of aliphatic hydroxyl groups is 1. The van der Waals surface area contributed by atoms with Gasteiger partial charge in [-0.25, -0.2) is 4.39 Å². The number of hydrogen-bond acceptors (Lipinski definition) is 2. The Morgan fingerprint density at radius 2 is 2.10 bits per heavy atom. The van der Waals surface area contributed by atoms with Crippen LogP contribution in [-0.4, -0.2) is 24.2 Å². The van der Waals surface area contributed by atoms with Crippen LogP contribution < -0.4 is 5.32 Å². The molecule has 0 radical (unpaired) electrons. The van der Waals surface area contributed by atoms with Gasteiger partial charge in [-0.1, -0.05) is 25.5 Å². The van der Waals surface area contributed by atoms with Crippen molar-refractivity contribution in [1.82, 2.24) is 5.32 Å². The van der Waals surface area contributed by atoms with Crippen LogP contribution in [0.4, 0.5) is 4.39 Å². The van der Waals surface area contributed by atoms with E-state index in [-0.39, 0.29) is 18.1 Å². The van der Waals surface area contributed by atoms with Crippen molar-refractivity contribution in [3.8, 4) is 0 Å². The van der Waals surface area contributed by atoms with Crippen LogP contribution in [0.15, 0.2) is 18.2 Å². The summed E-state index contributed by atoms with van der Waals surface area (Å²) < 4.78 is 13.6. The monoisotopic (exact) mass is 281 g/mol. The normalized spacial score (nSPS) is 12.5. The molecular formula is C16H24FNO2. The van der Waals surface area contributed by atoms with Crippen molar-refractivity contribution in [3.05, 3.63) is 35.1 Å². The van der Waals surface area contributed by atoms with E-state index in [1.165, 1.54) is 6.07 Å². The highest BCUT2D eigenvalue weighted by atomic mass is 19.1. The van der Waals surface area contributed by atoms with Gasteiger partial charge in [-0.15, -0.1) is 0 Å². The van der Waals surface area contributed by atoms with Crippen molar-refractivity contribution < 1.29 is 14.3 Å². The number of nitrogens with one attached hydrogen (secondary N) is 1. The van der Waals surface area contributed by atoms with E-state index in [4.69, 9.17) is 5.11 Å². The molecule has 1 aromatic carbocycles. The van der Waals surface area contributed by atoms with E-state index < -0.39 is 11.7 Å². The van der Waals surface area contributed by atoms with E-state index in [0.29, 0.717) is 18.9 Å². The maximum atomic E-state index is 13.6. The smallest absolute Gasteiger partial charge is 0.254 e. The first-order chi connectivity index (χ1) is 9.43. The van der Waals surface area contributed by atoms with Gasteiger partial charge in [0.05, 0.1) is 5.56 Å². The molecule has 0 saturated carbocycles. The van der Waals surface area contributed by atoms with Crippen molar-refractivity contribution in [1.29, 1.82) is 0 Å². The lowest BCUT2D eigenvalue weighted by atomic mass is 9.94. The molecule has 0 heterocycles. The molecule has 3 nitrogen and oxygen atoms in total. The topological polar surface area (TPSA) is 49.3 Å². The largest absolute Gasteiger partial charge is 0.396 e. The Hall–Kier alpha value is -1.42. The average Bonchev–Trinajstić information content (AvgIpc) is 2.38. The first-order valence-electron chi connectivity index (χ1n) is 7.09. The highest BCUT2D eigenvalue weighted by Crippen LogP contribution is 2.15. The van der Waals surface area contributed by atoms with Gasteiger partial charge in [0.2, 0.25) is 0 Å². The van der Waals surface area contributed by atoms with Gasteiger partial charge in [-0.05, 0) is 43.7 Å². The first-order valence-corrected chi connectivity index (χ1v) is 7.09. The molecule has 1 amide bonds. The Kier molecular flexibility index (Phi) is 6.65. The van der Waals surface area contributed by atoms with Gasteiger partial charge < -0.3 is 10.4 Å². The minimum Gasteiger partial charge on any atom is -0.396 e. The SMILES string of the molecule is Cc1ccc(F)c(C(=O)NCC(CCO)CC(C)C)c1. The second-order valence-electron chi connectivity index (χ2n) is 5.70. The zero-order chi connectivity index (χ0) is 15.1. The van der Waals surface area contributed by atoms with Crippen LogP contribution in [0, 0.1) is 24.6 Å². The third-order valence-electron chi connectivity index (χ3n) is 3.26. The first kappa shape index (κ1) is 16.6. The minimum atomic E-state index is -0.504. The zero-order valence-electron chi connectivity index (χ0n) is 12.4. The van der Waals surface area contributed by atoms with Crippen LogP contribution in [0.5, 0.6) is 0 Å². The summed E-state index contributed by atoms with van der Waals surface area (Å²) in [6.07, 6.45) is 1.58. The van der Waals surface area contributed by atoms with Crippen molar-refractivity contribution >= 4 is 5.91 Å². The summed E-state index contributed by atoms with van der Waals surface area (Å²) in [6.45, 7) is 6.60. The lowest BCUT2D eigenvalue weighted by Gasteiger charge is -2.18. The lowest BCUT2D eigenvalue weighted by molar-refractivity contribution is 0.0937. The lowest BCUT2D eigenvalue weighted by Crippen LogP contribution is -2.31. The third-order valence-corrected chi connectivity index (χ3v) is 3.26. The summed E-state index contributed by atoms with van der Waals surface area (Å²) in [5, 5.41) is 11.8. The van der Waals surface area contributed by atoms with E-state index in [2.05, 4.69) is 19.2 Å². The number of halogens is 1. The number of rotatable bonds is 7. The van der Waals surface area contributed by atoms with Gasteiger partial charge in [0.1, 0.15) is 5.82 Å². The molecule has 0 bridgehead atoms. The second-order valence-corrected chi connectivity index (χ2v) is 5.70. The molecule has 0 fully saturated rings. The summed E-state index contributed by atoms with van der Waals surface area (Å²) >= 11 is 0. The van der Waals surface area contributed by atoms with Crippen molar-refractivity contribution in [2.45, 2.75) is 33.6 Å². The van der Waals surface area contributed by atoms with E-state index in [1.807, 2.05) is 6.92 Å². The standard InChI is InChI=1S/C16H24FNO2/c1-11(2)8-13(6-7-19)10-18-16(20)14-9-12(3)4-5-15(14)17/h4-5,9,11,13,19H,6-8,10H2,1-3H3,(H,18,20). The fourth-order valence-corrected chi connectivity index (χ4v) is 2.30. The molecule has 0 aromatic heterocycles. The minimum absolute atomic E-state index is 0.0808. The molecule has 1 atom stereocenters. The maximum absolute atomic E-state index is 13.6. The fourth-order valence-electron chi connectivity index (χ4n) is 2.30. The Balaban J connectivity index is 2.62. The number of carbonyl (C=O) groups is 1. The van der Waals surface area contributed by atoms with Crippen LogP contribution in [-0.2, 0) is 0 Å². The van der Waals surface area contributed by atoms with E-state index >= 15 is 0 Å². The summed E-state index contributed by atoms with van der Waals surface area (Å²) in [6, 6.07) is 4.50. The van der Waals surface area contributed by atoms with Crippen molar-refractivity contribution in [2.75, 3.05) is 13.2 Å². The number of amides is 1. The zero-order valence-corrected chi connectivity index (χ0v) is 12.4. The quantitative estimate of drug-likeness (QED) is 0.807. The predicted molar refractivity (Wildman–Crippen MR) is 78.1 cm³/mol. The average molecular weight is 281 g/mol. The molecule has 0 spiro atoms. The van der Waals surface area contributed by atoms with Gasteiger partial charge >= 0.3 is 0 Å². The molecule has 0 aliphatic carbocycles. The molecule has 0 saturated heterocycles. The van der Waals surface area contributed by atoms with Gasteiger partial charge in [0.25, 0.3) is 5.91 Å². The molecule has 2 N–H and O–H groups in total. The van der Waals surface area contributed by atoms with E-state index in [0.717, 1.165) is 12.0 Å². The third kappa shape index (κ3) is 5.29. The van der Waals surface area contributed by atoms with Crippen LogP contribution in [0.25, 0.3) is 0 Å². The summed E-state index contributed by atoms with van der Waals surface area (Å²) in [7, 11) is 0. The summed E-state index contributed by atoms with van der Waals surface area (Å²) in [5.41, 5.74) is 0.933. The van der Waals surface area contributed by atoms with Crippen LogP contribution in [0.3, 0.4) is 0 Å². The maximum Gasteiger partial charge on any atom is 0.254 e. The molecule has 0 aliphatic heterocycles. The molecule has 112 valence electrons. The van der Waals surface area contributed by atoms with Gasteiger partial charge in [0, 0.05) is 13.2 Å². The van der Waals surface area contributed by atoms with E-state index in [9.17, 15) is 9.18 Å². The number of carbonyl (C=O) groups excluding carboxylic acids is 1. The Morgan fingerprint density at radius 3 is 2.70 bits per heavy atom. The Morgan fingerprint density at radius 1 is 1.40 bits per heavy atom. The van der Waals surface area contributed by atoms with Crippen LogP contribution in [0.2, 0.25) is 0 Å². The number of hydrogen-bond donors (Lipinski definition) is 2. The van der Waals surface area contributed by atoms with E-state index in [1.54, 1.807) is 12.1 Å². The molecule has 20 heavy (non-hydrogen) atoms. The van der Waals surface area contributed by atoms with Crippen LogP contribution >= 0.6 is 0 Å². The second kappa shape index (κ2) is 8.00. The molecule has 0 aliphatic rings. The number of aliphatic hydroxyl groups excluding tert-OH is 1. The van der Waals surface area contributed by atoms with Gasteiger partial charge in [0.15, 0.2) is 0 Å². The van der Waals surface area contributed by atoms with Gasteiger partial charge in [-0.2, -0.15) is 0 Å².